The van der Waals surface area contributed by atoms with Crippen molar-refractivity contribution in [1.82, 2.24) is 0 Å². The van der Waals surface area contributed by atoms with E-state index in [-0.39, 0.29) is 12.4 Å². The van der Waals surface area contributed by atoms with Crippen molar-refractivity contribution in [2.24, 2.45) is 5.73 Å². The van der Waals surface area contributed by atoms with Gasteiger partial charge >= 0.3 is 0 Å². The zero-order valence-electron chi connectivity index (χ0n) is 10.2. The standard InChI is InChI=1S/C12H27NS.ClH/c1-2-3-4-5-6-7-8-9-11-14-12-10-13;/h2-13H2,1H3;1H. The molecule has 2 N–H and O–H groups in total. The van der Waals surface area contributed by atoms with Crippen LogP contribution in [0.25, 0.3) is 0 Å². The summed E-state index contributed by atoms with van der Waals surface area (Å²) in [6, 6.07) is 0. The number of halogens is 1. The summed E-state index contributed by atoms with van der Waals surface area (Å²) in [5, 5.41) is 0. The molecular formula is C12H28ClNS. The quantitative estimate of drug-likeness (QED) is 0.558. The SMILES string of the molecule is CCCCCCCCCCSCCN.Cl. The predicted octanol–water partition coefficient (Wildman–Crippen LogP) is 4.24. The molecule has 0 rings (SSSR count). The molecule has 0 radical (unpaired) electrons. The molecule has 0 saturated carbocycles. The van der Waals surface area contributed by atoms with Gasteiger partial charge in [-0.15, -0.1) is 12.4 Å². The van der Waals surface area contributed by atoms with Crippen molar-refractivity contribution >= 4 is 24.2 Å². The topological polar surface area (TPSA) is 26.0 Å². The minimum Gasteiger partial charge on any atom is -0.330 e. The van der Waals surface area contributed by atoms with Crippen molar-refractivity contribution in [1.29, 1.82) is 0 Å². The summed E-state index contributed by atoms with van der Waals surface area (Å²) in [6.45, 7) is 3.11. The Morgan fingerprint density at radius 3 is 1.87 bits per heavy atom. The lowest BCUT2D eigenvalue weighted by Gasteiger charge is -2.01. The number of hydrogen-bond acceptors (Lipinski definition) is 2. The Hall–Kier alpha value is 0.600. The van der Waals surface area contributed by atoms with Crippen LogP contribution < -0.4 is 5.73 Å². The fourth-order valence-corrected chi connectivity index (χ4v) is 2.30. The van der Waals surface area contributed by atoms with Crippen molar-refractivity contribution in [3.05, 3.63) is 0 Å². The number of hydrogen-bond donors (Lipinski definition) is 1. The van der Waals surface area contributed by atoms with Crippen LogP contribution in [-0.2, 0) is 0 Å². The van der Waals surface area contributed by atoms with Gasteiger partial charge in [-0.25, -0.2) is 0 Å². The number of nitrogens with two attached hydrogens (primary N) is 1. The molecule has 0 aromatic carbocycles. The highest BCUT2D eigenvalue weighted by atomic mass is 35.5. The van der Waals surface area contributed by atoms with Crippen molar-refractivity contribution in [3.63, 3.8) is 0 Å². The zero-order chi connectivity index (χ0) is 10.5. The molecule has 0 aliphatic heterocycles. The van der Waals surface area contributed by atoms with Gasteiger partial charge in [-0.3, -0.25) is 0 Å². The van der Waals surface area contributed by atoms with Crippen molar-refractivity contribution in [2.75, 3.05) is 18.1 Å². The van der Waals surface area contributed by atoms with E-state index in [0.717, 1.165) is 12.3 Å². The van der Waals surface area contributed by atoms with Crippen LogP contribution in [0.1, 0.15) is 58.3 Å². The first-order valence-corrected chi connectivity index (χ1v) is 7.35. The second kappa shape index (κ2) is 17.0. The molecule has 0 saturated heterocycles. The maximum atomic E-state index is 5.42. The molecule has 0 aromatic rings. The van der Waals surface area contributed by atoms with Crippen LogP contribution in [-0.4, -0.2) is 18.1 Å². The Morgan fingerprint density at radius 1 is 0.800 bits per heavy atom. The van der Waals surface area contributed by atoms with E-state index in [1.165, 1.54) is 57.1 Å². The summed E-state index contributed by atoms with van der Waals surface area (Å²) in [7, 11) is 0. The van der Waals surface area contributed by atoms with Gasteiger partial charge in [-0.1, -0.05) is 51.9 Å². The molecule has 0 spiro atoms. The number of thioether (sulfide) groups is 1. The predicted molar refractivity (Wildman–Crippen MR) is 76.2 cm³/mol. The van der Waals surface area contributed by atoms with E-state index in [9.17, 15) is 0 Å². The molecule has 0 bridgehead atoms. The number of rotatable bonds is 11. The van der Waals surface area contributed by atoms with Crippen molar-refractivity contribution < 1.29 is 0 Å². The van der Waals surface area contributed by atoms with Gasteiger partial charge in [0.25, 0.3) is 0 Å². The van der Waals surface area contributed by atoms with Crippen LogP contribution in [0.5, 0.6) is 0 Å². The van der Waals surface area contributed by atoms with Gasteiger partial charge in [-0.2, -0.15) is 11.8 Å². The van der Waals surface area contributed by atoms with E-state index in [1.807, 2.05) is 11.8 Å². The first kappa shape index (κ1) is 18.0. The van der Waals surface area contributed by atoms with Crippen LogP contribution in [0.3, 0.4) is 0 Å². The summed E-state index contributed by atoms with van der Waals surface area (Å²) in [5.41, 5.74) is 5.42. The fourth-order valence-electron chi connectivity index (χ4n) is 1.52. The van der Waals surface area contributed by atoms with Gasteiger partial charge in [0.15, 0.2) is 0 Å². The zero-order valence-corrected chi connectivity index (χ0v) is 11.8. The summed E-state index contributed by atoms with van der Waals surface area (Å²) in [5.74, 6) is 2.45. The first-order chi connectivity index (χ1) is 6.91. The van der Waals surface area contributed by atoms with Gasteiger partial charge < -0.3 is 5.73 Å². The lowest BCUT2D eigenvalue weighted by atomic mass is 10.1. The van der Waals surface area contributed by atoms with E-state index < -0.39 is 0 Å². The summed E-state index contributed by atoms with van der Waals surface area (Å²) in [6.07, 6.45) is 11.4. The van der Waals surface area contributed by atoms with E-state index in [0.29, 0.717) is 0 Å². The van der Waals surface area contributed by atoms with Crippen LogP contribution in [0.2, 0.25) is 0 Å². The smallest absolute Gasteiger partial charge is 0.00558 e. The van der Waals surface area contributed by atoms with Gasteiger partial charge in [0, 0.05) is 12.3 Å². The fraction of sp³-hybridized carbons (Fsp3) is 1.00. The maximum Gasteiger partial charge on any atom is 0.00558 e. The molecular weight excluding hydrogens is 226 g/mol. The molecule has 1 nitrogen and oxygen atoms in total. The third-order valence-electron chi connectivity index (χ3n) is 2.40. The second-order valence-corrected chi connectivity index (χ2v) is 5.10. The maximum absolute atomic E-state index is 5.42. The molecule has 0 atom stereocenters. The molecule has 0 fully saturated rings. The molecule has 15 heavy (non-hydrogen) atoms. The third-order valence-corrected chi connectivity index (χ3v) is 3.51. The Bertz CT molecular complexity index is 89.6. The summed E-state index contributed by atoms with van der Waals surface area (Å²) in [4.78, 5) is 0. The van der Waals surface area contributed by atoms with Crippen LogP contribution in [0, 0.1) is 0 Å². The minimum absolute atomic E-state index is 0. The van der Waals surface area contributed by atoms with Gasteiger partial charge in [0.2, 0.25) is 0 Å². The monoisotopic (exact) mass is 253 g/mol. The van der Waals surface area contributed by atoms with Crippen molar-refractivity contribution in [3.8, 4) is 0 Å². The van der Waals surface area contributed by atoms with E-state index >= 15 is 0 Å². The first-order valence-electron chi connectivity index (χ1n) is 6.19. The molecule has 0 aliphatic rings. The largest absolute Gasteiger partial charge is 0.330 e. The average Bonchev–Trinajstić information content (AvgIpc) is 2.21. The van der Waals surface area contributed by atoms with Crippen molar-refractivity contribution in [2.45, 2.75) is 58.3 Å². The van der Waals surface area contributed by atoms with Crippen LogP contribution >= 0.6 is 24.2 Å². The normalized spacial score (nSPS) is 10.0. The Balaban J connectivity index is 0. The third kappa shape index (κ3) is 17.2. The Kier molecular flexibility index (Phi) is 20.4. The molecule has 0 heterocycles. The molecule has 0 aromatic heterocycles. The highest BCUT2D eigenvalue weighted by Crippen LogP contribution is 2.10. The van der Waals surface area contributed by atoms with E-state index in [2.05, 4.69) is 6.92 Å². The Labute approximate surface area is 106 Å². The highest BCUT2D eigenvalue weighted by Gasteiger charge is 1.91. The second-order valence-electron chi connectivity index (χ2n) is 3.88. The van der Waals surface area contributed by atoms with Crippen LogP contribution in [0.15, 0.2) is 0 Å². The lowest BCUT2D eigenvalue weighted by Crippen LogP contribution is -2.01. The number of unbranched alkanes of at least 4 members (excludes halogenated alkanes) is 7. The Morgan fingerprint density at radius 2 is 1.33 bits per heavy atom. The average molecular weight is 254 g/mol. The molecule has 3 heteroatoms. The van der Waals surface area contributed by atoms with Crippen LogP contribution in [0.4, 0.5) is 0 Å². The van der Waals surface area contributed by atoms with E-state index in [1.54, 1.807) is 0 Å². The van der Waals surface area contributed by atoms with Gasteiger partial charge in [0.1, 0.15) is 0 Å². The molecule has 94 valence electrons. The lowest BCUT2D eigenvalue weighted by molar-refractivity contribution is 0.586. The van der Waals surface area contributed by atoms with E-state index in [4.69, 9.17) is 5.73 Å². The van der Waals surface area contributed by atoms with Gasteiger partial charge in [-0.05, 0) is 12.2 Å². The summed E-state index contributed by atoms with van der Waals surface area (Å²) < 4.78 is 0. The summed E-state index contributed by atoms with van der Waals surface area (Å²) >= 11 is 2.00. The molecule has 0 unspecified atom stereocenters. The molecule has 0 aliphatic carbocycles. The minimum atomic E-state index is 0. The molecule has 0 amide bonds. The highest BCUT2D eigenvalue weighted by molar-refractivity contribution is 7.99. The van der Waals surface area contributed by atoms with Gasteiger partial charge in [0.05, 0.1) is 0 Å².